The lowest BCUT2D eigenvalue weighted by atomic mass is 10.4. The van der Waals surface area contributed by atoms with Crippen LogP contribution < -0.4 is 11.1 Å². The van der Waals surface area contributed by atoms with Crippen molar-refractivity contribution in [3.63, 3.8) is 0 Å². The fourth-order valence-corrected chi connectivity index (χ4v) is 1.03. The summed E-state index contributed by atoms with van der Waals surface area (Å²) < 4.78 is 35.5. The summed E-state index contributed by atoms with van der Waals surface area (Å²) in [5.41, 5.74) is 5.23. The number of nitrogens with zero attached hydrogens (tertiary/aromatic N) is 1. The Hall–Kier alpha value is -1.05. The van der Waals surface area contributed by atoms with E-state index >= 15 is 0 Å². The summed E-state index contributed by atoms with van der Waals surface area (Å²) in [6.07, 6.45) is -4.11. The van der Waals surface area contributed by atoms with Crippen molar-refractivity contribution in [3.05, 3.63) is 0 Å². The maximum Gasteiger partial charge on any atom is 0.405 e. The Morgan fingerprint density at radius 1 is 1.50 bits per heavy atom. The van der Waals surface area contributed by atoms with Gasteiger partial charge in [0.15, 0.2) is 0 Å². The van der Waals surface area contributed by atoms with Crippen molar-refractivity contribution in [1.29, 1.82) is 0 Å². The molecule has 0 heterocycles. The van der Waals surface area contributed by atoms with Gasteiger partial charge in [-0.1, -0.05) is 12.2 Å². The Balaban J connectivity index is 4.06. The van der Waals surface area contributed by atoms with Gasteiger partial charge in [-0.25, -0.2) is 4.79 Å². The third-order valence-electron chi connectivity index (χ3n) is 1.74. The largest absolute Gasteiger partial charge is 0.405 e. The molecule has 0 fully saturated rings. The fraction of sp³-hybridized carbons (Fsp3) is 0.750. The van der Waals surface area contributed by atoms with Crippen molar-refractivity contribution in [2.45, 2.75) is 19.5 Å². The number of nitrogens with one attached hydrogen (secondary N) is 1. The average Bonchev–Trinajstić information content (AvgIpc) is 2.14. The van der Waals surface area contributed by atoms with Gasteiger partial charge in [-0.05, 0) is 6.92 Å². The van der Waals surface area contributed by atoms with Gasteiger partial charge in [0.2, 0.25) is 0 Å². The third kappa shape index (κ3) is 7.27. The highest BCUT2D eigenvalue weighted by atomic mass is 32.1. The van der Waals surface area contributed by atoms with Gasteiger partial charge in [0, 0.05) is 19.5 Å². The minimum Gasteiger partial charge on any atom is -0.393 e. The summed E-state index contributed by atoms with van der Waals surface area (Å²) >= 11 is 4.61. The number of alkyl halides is 3. The van der Waals surface area contributed by atoms with E-state index < -0.39 is 18.8 Å². The molecule has 0 aliphatic rings. The minimum absolute atomic E-state index is 0.218. The molecule has 0 saturated carbocycles. The number of urea groups is 1. The van der Waals surface area contributed by atoms with E-state index in [9.17, 15) is 18.0 Å². The van der Waals surface area contributed by atoms with Crippen LogP contribution in [0, 0.1) is 0 Å². The van der Waals surface area contributed by atoms with Gasteiger partial charge in [-0.3, -0.25) is 0 Å². The van der Waals surface area contributed by atoms with Crippen LogP contribution in [0.3, 0.4) is 0 Å². The number of thiocarbonyl (C=S) groups is 1. The van der Waals surface area contributed by atoms with E-state index in [1.807, 2.05) is 0 Å². The molecule has 0 unspecified atom stereocenters. The molecule has 94 valence electrons. The number of nitrogens with two attached hydrogens (primary N) is 1. The van der Waals surface area contributed by atoms with E-state index in [1.165, 1.54) is 4.90 Å². The van der Waals surface area contributed by atoms with Crippen LogP contribution in [0.4, 0.5) is 18.0 Å². The molecule has 0 aromatic carbocycles. The second-order valence-corrected chi connectivity index (χ2v) is 3.59. The van der Waals surface area contributed by atoms with Crippen LogP contribution in [-0.2, 0) is 0 Å². The lowest BCUT2D eigenvalue weighted by Crippen LogP contribution is -2.44. The van der Waals surface area contributed by atoms with E-state index in [0.29, 0.717) is 13.0 Å². The Morgan fingerprint density at radius 2 is 2.06 bits per heavy atom. The van der Waals surface area contributed by atoms with Crippen LogP contribution in [0.15, 0.2) is 0 Å². The highest BCUT2D eigenvalue weighted by Crippen LogP contribution is 2.12. The first-order chi connectivity index (χ1) is 7.26. The molecule has 0 spiro atoms. The van der Waals surface area contributed by atoms with Gasteiger partial charge < -0.3 is 16.0 Å². The lowest BCUT2D eigenvalue weighted by Gasteiger charge is -2.21. The van der Waals surface area contributed by atoms with Crippen molar-refractivity contribution in [2.75, 3.05) is 19.6 Å². The molecule has 2 amide bonds. The van der Waals surface area contributed by atoms with Crippen LogP contribution >= 0.6 is 12.2 Å². The molecule has 0 bridgehead atoms. The zero-order valence-electron chi connectivity index (χ0n) is 8.80. The van der Waals surface area contributed by atoms with Crippen molar-refractivity contribution >= 4 is 23.2 Å². The van der Waals surface area contributed by atoms with Gasteiger partial charge in [0.05, 0.1) is 4.99 Å². The molecule has 0 radical (unpaired) electrons. The highest BCUT2D eigenvalue weighted by molar-refractivity contribution is 7.80. The number of carbonyl (C=O) groups is 1. The molecule has 3 N–H and O–H groups in total. The minimum atomic E-state index is -4.40. The van der Waals surface area contributed by atoms with E-state index in [2.05, 4.69) is 12.2 Å². The molecule has 8 heteroatoms. The second-order valence-electron chi connectivity index (χ2n) is 3.07. The van der Waals surface area contributed by atoms with Crippen LogP contribution in [-0.4, -0.2) is 41.7 Å². The molecular weight excluding hydrogens is 243 g/mol. The first kappa shape index (κ1) is 14.9. The molecule has 0 rings (SSSR count). The van der Waals surface area contributed by atoms with Crippen LogP contribution in [0.5, 0.6) is 0 Å². The SMILES string of the molecule is CCN(CCC(N)=S)C(=O)NCC(F)(F)F. The molecule has 0 aliphatic carbocycles. The number of hydrogen-bond donors (Lipinski definition) is 2. The predicted octanol–water partition coefficient (Wildman–Crippen LogP) is 1.26. The van der Waals surface area contributed by atoms with E-state index in [0.717, 1.165) is 0 Å². The van der Waals surface area contributed by atoms with Crippen molar-refractivity contribution in [1.82, 2.24) is 10.2 Å². The summed E-state index contributed by atoms with van der Waals surface area (Å²) in [4.78, 5) is 12.7. The predicted molar refractivity (Wildman–Crippen MR) is 58.1 cm³/mol. The standard InChI is InChI=1S/C8H14F3N3OS/c1-2-14(4-3-6(12)16)7(15)13-5-8(9,10)11/h2-5H2,1H3,(H2,12,16)(H,13,15). The number of rotatable bonds is 5. The molecule has 0 aromatic rings. The Bertz CT molecular complexity index is 257. The van der Waals surface area contributed by atoms with Gasteiger partial charge in [0.25, 0.3) is 0 Å². The van der Waals surface area contributed by atoms with Crippen LogP contribution in [0.1, 0.15) is 13.3 Å². The summed E-state index contributed by atoms with van der Waals surface area (Å²) in [7, 11) is 0. The van der Waals surface area contributed by atoms with Gasteiger partial charge >= 0.3 is 12.2 Å². The highest BCUT2D eigenvalue weighted by Gasteiger charge is 2.28. The van der Waals surface area contributed by atoms with Crippen LogP contribution in [0.25, 0.3) is 0 Å². The summed E-state index contributed by atoms with van der Waals surface area (Å²) in [6, 6.07) is -0.768. The van der Waals surface area contributed by atoms with Crippen molar-refractivity contribution in [3.8, 4) is 0 Å². The maximum atomic E-state index is 11.8. The topological polar surface area (TPSA) is 58.4 Å². The van der Waals surface area contributed by atoms with Gasteiger partial charge in [-0.15, -0.1) is 0 Å². The number of halogens is 3. The molecule has 16 heavy (non-hydrogen) atoms. The molecular formula is C8H14F3N3OS. The van der Waals surface area contributed by atoms with Gasteiger partial charge in [0.1, 0.15) is 6.54 Å². The van der Waals surface area contributed by atoms with E-state index in [1.54, 1.807) is 12.2 Å². The summed E-state index contributed by atoms with van der Waals surface area (Å²) in [5, 5.41) is 1.78. The number of carbonyl (C=O) groups excluding carboxylic acids is 1. The Labute approximate surface area is 97.0 Å². The van der Waals surface area contributed by atoms with Crippen LogP contribution in [0.2, 0.25) is 0 Å². The Morgan fingerprint density at radius 3 is 2.44 bits per heavy atom. The monoisotopic (exact) mass is 257 g/mol. The zero-order valence-corrected chi connectivity index (χ0v) is 9.62. The molecule has 0 aromatic heterocycles. The Kier molecular flexibility index (Phi) is 6.09. The van der Waals surface area contributed by atoms with Crippen molar-refractivity contribution in [2.24, 2.45) is 5.73 Å². The van der Waals surface area contributed by atoms with E-state index in [-0.39, 0.29) is 11.5 Å². The summed E-state index contributed by atoms with van der Waals surface area (Å²) in [6.45, 7) is 0.837. The normalized spacial score (nSPS) is 11.0. The van der Waals surface area contributed by atoms with E-state index in [4.69, 9.17) is 5.73 Å². The quantitative estimate of drug-likeness (QED) is 0.729. The third-order valence-corrected chi connectivity index (χ3v) is 1.94. The van der Waals surface area contributed by atoms with Crippen molar-refractivity contribution < 1.29 is 18.0 Å². The molecule has 0 atom stereocenters. The smallest absolute Gasteiger partial charge is 0.393 e. The first-order valence-electron chi connectivity index (χ1n) is 4.64. The number of hydrogen-bond acceptors (Lipinski definition) is 2. The lowest BCUT2D eigenvalue weighted by molar-refractivity contribution is -0.123. The summed E-state index contributed by atoms with van der Waals surface area (Å²) in [5.74, 6) is 0. The molecule has 4 nitrogen and oxygen atoms in total. The fourth-order valence-electron chi connectivity index (χ4n) is 0.936. The average molecular weight is 257 g/mol. The molecule has 0 aliphatic heterocycles. The van der Waals surface area contributed by atoms with Gasteiger partial charge in [-0.2, -0.15) is 13.2 Å². The second kappa shape index (κ2) is 6.51. The maximum absolute atomic E-state index is 11.8. The number of amides is 2. The first-order valence-corrected chi connectivity index (χ1v) is 5.05. The molecule has 0 saturated heterocycles. The zero-order chi connectivity index (χ0) is 12.8.